The molecule has 0 unspecified atom stereocenters. The first-order valence-electron chi connectivity index (χ1n) is 4.61. The maximum absolute atomic E-state index is 8.70. The lowest BCUT2D eigenvalue weighted by Gasteiger charge is -1.96. The number of aliphatic hydroxyl groups excluding tert-OH is 1. The van der Waals surface area contributed by atoms with E-state index in [4.69, 9.17) is 9.84 Å². The fraction of sp³-hybridized carbons (Fsp3) is 0.300. The van der Waals surface area contributed by atoms with Crippen LogP contribution in [0.25, 0.3) is 11.0 Å². The van der Waals surface area contributed by atoms with Gasteiger partial charge in [0, 0.05) is 11.8 Å². The van der Waals surface area contributed by atoms with Crippen LogP contribution >= 0.6 is 11.8 Å². The largest absolute Gasteiger partial charge is 0.497 e. The van der Waals surface area contributed by atoms with Crippen LogP contribution in [0.15, 0.2) is 23.4 Å². The molecule has 1 aromatic carbocycles. The van der Waals surface area contributed by atoms with Crippen molar-refractivity contribution in [1.82, 2.24) is 9.97 Å². The van der Waals surface area contributed by atoms with Gasteiger partial charge in [-0.3, -0.25) is 0 Å². The minimum absolute atomic E-state index is 0.158. The van der Waals surface area contributed by atoms with E-state index in [9.17, 15) is 0 Å². The standard InChI is InChI=1S/C10H12N2O2S/c1-14-7-2-3-8-9(6-7)12-10(11-8)15-5-4-13/h2-3,6,13H,4-5H2,1H3,(H,11,12). The van der Waals surface area contributed by atoms with E-state index >= 15 is 0 Å². The van der Waals surface area contributed by atoms with Gasteiger partial charge in [-0.1, -0.05) is 11.8 Å². The van der Waals surface area contributed by atoms with Gasteiger partial charge in [-0.05, 0) is 12.1 Å². The molecule has 0 atom stereocenters. The fourth-order valence-corrected chi connectivity index (χ4v) is 1.93. The maximum Gasteiger partial charge on any atom is 0.166 e. The smallest absolute Gasteiger partial charge is 0.166 e. The average molecular weight is 224 g/mol. The van der Waals surface area contributed by atoms with Crippen molar-refractivity contribution >= 4 is 22.8 Å². The highest BCUT2D eigenvalue weighted by molar-refractivity contribution is 7.99. The third-order valence-electron chi connectivity index (χ3n) is 2.00. The molecule has 4 nitrogen and oxygen atoms in total. The molecule has 15 heavy (non-hydrogen) atoms. The first-order valence-corrected chi connectivity index (χ1v) is 5.59. The number of hydrogen-bond acceptors (Lipinski definition) is 4. The zero-order valence-electron chi connectivity index (χ0n) is 8.36. The van der Waals surface area contributed by atoms with Gasteiger partial charge < -0.3 is 14.8 Å². The Bertz CT molecular complexity index is 456. The van der Waals surface area contributed by atoms with E-state index in [-0.39, 0.29) is 6.61 Å². The summed E-state index contributed by atoms with van der Waals surface area (Å²) in [5.74, 6) is 1.46. The van der Waals surface area contributed by atoms with Crippen molar-refractivity contribution in [1.29, 1.82) is 0 Å². The SMILES string of the molecule is COc1ccc2nc(SCCO)[nH]c2c1. The van der Waals surface area contributed by atoms with E-state index in [1.165, 1.54) is 11.8 Å². The molecule has 2 rings (SSSR count). The van der Waals surface area contributed by atoms with E-state index in [0.29, 0.717) is 5.75 Å². The molecule has 0 aliphatic heterocycles. The second-order valence-electron chi connectivity index (χ2n) is 3.00. The summed E-state index contributed by atoms with van der Waals surface area (Å²) in [6, 6.07) is 5.70. The van der Waals surface area contributed by atoms with E-state index in [1.807, 2.05) is 18.2 Å². The van der Waals surface area contributed by atoms with Gasteiger partial charge in [-0.15, -0.1) is 0 Å². The summed E-state index contributed by atoms with van der Waals surface area (Å²) in [6.07, 6.45) is 0. The van der Waals surface area contributed by atoms with E-state index in [1.54, 1.807) is 7.11 Å². The molecule has 0 aliphatic carbocycles. The first-order chi connectivity index (χ1) is 7.33. The molecule has 0 spiro atoms. The van der Waals surface area contributed by atoms with Gasteiger partial charge in [-0.2, -0.15) is 0 Å². The highest BCUT2D eigenvalue weighted by Crippen LogP contribution is 2.22. The Kier molecular flexibility index (Phi) is 3.13. The number of nitrogens with zero attached hydrogens (tertiary/aromatic N) is 1. The molecule has 0 saturated carbocycles. The number of aromatic amines is 1. The molecule has 0 saturated heterocycles. The van der Waals surface area contributed by atoms with Crippen LogP contribution in [0, 0.1) is 0 Å². The molecule has 2 N–H and O–H groups in total. The van der Waals surface area contributed by atoms with Crippen LogP contribution in [0.1, 0.15) is 0 Å². The zero-order valence-corrected chi connectivity index (χ0v) is 9.17. The molecule has 5 heteroatoms. The van der Waals surface area contributed by atoms with Crippen molar-refractivity contribution in [2.75, 3.05) is 19.5 Å². The average Bonchev–Trinajstić information content (AvgIpc) is 2.67. The number of hydrogen-bond donors (Lipinski definition) is 2. The summed E-state index contributed by atoms with van der Waals surface area (Å²) in [5, 5.41) is 9.53. The molecule has 0 amide bonds. The number of fused-ring (bicyclic) bond motifs is 1. The Balaban J connectivity index is 2.29. The lowest BCUT2D eigenvalue weighted by atomic mass is 10.3. The van der Waals surface area contributed by atoms with E-state index in [2.05, 4.69) is 9.97 Å². The Morgan fingerprint density at radius 3 is 3.13 bits per heavy atom. The molecule has 80 valence electrons. The molecular formula is C10H12N2O2S. The highest BCUT2D eigenvalue weighted by Gasteiger charge is 2.03. The first kappa shape index (κ1) is 10.3. The molecule has 0 radical (unpaired) electrons. The van der Waals surface area contributed by atoms with Crippen molar-refractivity contribution in [3.05, 3.63) is 18.2 Å². The number of imidazole rings is 1. The number of aromatic nitrogens is 2. The van der Waals surface area contributed by atoms with Gasteiger partial charge in [0.15, 0.2) is 5.16 Å². The minimum Gasteiger partial charge on any atom is -0.497 e. The topological polar surface area (TPSA) is 58.1 Å². The molecule has 1 heterocycles. The summed E-state index contributed by atoms with van der Waals surface area (Å²) in [5.41, 5.74) is 1.87. The van der Waals surface area contributed by atoms with Crippen molar-refractivity contribution in [2.45, 2.75) is 5.16 Å². The Morgan fingerprint density at radius 1 is 1.53 bits per heavy atom. The van der Waals surface area contributed by atoms with Crippen LogP contribution in [0.3, 0.4) is 0 Å². The molecule has 1 aromatic heterocycles. The van der Waals surface area contributed by atoms with Crippen LogP contribution in [0.4, 0.5) is 0 Å². The number of nitrogens with one attached hydrogen (secondary N) is 1. The second-order valence-corrected chi connectivity index (χ2v) is 4.08. The van der Waals surface area contributed by atoms with Gasteiger partial charge in [0.1, 0.15) is 5.75 Å². The van der Waals surface area contributed by atoms with Gasteiger partial charge in [0.05, 0.1) is 24.8 Å². The molecule has 0 aliphatic rings. The fourth-order valence-electron chi connectivity index (χ4n) is 1.30. The number of aliphatic hydroxyl groups is 1. The predicted molar refractivity (Wildman–Crippen MR) is 60.5 cm³/mol. The summed E-state index contributed by atoms with van der Waals surface area (Å²) >= 11 is 1.50. The number of benzene rings is 1. The van der Waals surface area contributed by atoms with E-state index < -0.39 is 0 Å². The van der Waals surface area contributed by atoms with Gasteiger partial charge >= 0.3 is 0 Å². The Labute approximate surface area is 91.7 Å². The van der Waals surface area contributed by atoms with Crippen molar-refractivity contribution in [3.63, 3.8) is 0 Å². The van der Waals surface area contributed by atoms with Crippen LogP contribution < -0.4 is 4.74 Å². The lowest BCUT2D eigenvalue weighted by molar-refractivity contribution is 0.322. The lowest BCUT2D eigenvalue weighted by Crippen LogP contribution is -1.86. The van der Waals surface area contributed by atoms with Crippen LogP contribution in [0.2, 0.25) is 0 Å². The maximum atomic E-state index is 8.70. The van der Waals surface area contributed by atoms with E-state index in [0.717, 1.165) is 21.9 Å². The number of H-pyrrole nitrogens is 1. The molecule has 0 bridgehead atoms. The highest BCUT2D eigenvalue weighted by atomic mass is 32.2. The summed E-state index contributed by atoms with van der Waals surface area (Å²) in [7, 11) is 1.64. The van der Waals surface area contributed by atoms with Crippen molar-refractivity contribution < 1.29 is 9.84 Å². The van der Waals surface area contributed by atoms with Crippen molar-refractivity contribution in [3.8, 4) is 5.75 Å². The van der Waals surface area contributed by atoms with Crippen LogP contribution in [-0.2, 0) is 0 Å². The third kappa shape index (κ3) is 2.24. The van der Waals surface area contributed by atoms with Crippen molar-refractivity contribution in [2.24, 2.45) is 0 Å². The van der Waals surface area contributed by atoms with Crippen LogP contribution in [-0.4, -0.2) is 34.5 Å². The Morgan fingerprint density at radius 2 is 2.40 bits per heavy atom. The monoisotopic (exact) mass is 224 g/mol. The summed E-state index contributed by atoms with van der Waals surface area (Å²) in [4.78, 5) is 7.53. The van der Waals surface area contributed by atoms with Gasteiger partial charge in [-0.25, -0.2) is 4.98 Å². The quantitative estimate of drug-likeness (QED) is 0.775. The van der Waals surface area contributed by atoms with Gasteiger partial charge in [0.2, 0.25) is 0 Å². The van der Waals surface area contributed by atoms with Crippen LogP contribution in [0.5, 0.6) is 5.75 Å². The minimum atomic E-state index is 0.158. The normalized spacial score (nSPS) is 10.8. The number of rotatable bonds is 4. The Hall–Kier alpha value is -1.20. The zero-order chi connectivity index (χ0) is 10.7. The predicted octanol–water partition coefficient (Wildman–Crippen LogP) is 1.66. The van der Waals surface area contributed by atoms with Gasteiger partial charge in [0.25, 0.3) is 0 Å². The number of methoxy groups -OCH3 is 1. The number of ether oxygens (including phenoxy) is 1. The number of thioether (sulfide) groups is 1. The molecule has 2 aromatic rings. The summed E-state index contributed by atoms with van der Waals surface area (Å²) < 4.78 is 5.12. The third-order valence-corrected chi connectivity index (χ3v) is 2.85. The molecular weight excluding hydrogens is 212 g/mol. The summed E-state index contributed by atoms with van der Waals surface area (Å²) in [6.45, 7) is 0.158. The second kappa shape index (κ2) is 4.55. The molecule has 0 fully saturated rings.